The minimum absolute atomic E-state index is 0.00594. The summed E-state index contributed by atoms with van der Waals surface area (Å²) in [5.41, 5.74) is 5.68. The summed E-state index contributed by atoms with van der Waals surface area (Å²) in [7, 11) is 0. The van der Waals surface area contributed by atoms with Gasteiger partial charge in [-0.05, 0) is 36.0 Å². The third-order valence-electron chi connectivity index (χ3n) is 6.59. The Labute approximate surface area is 194 Å². The predicted molar refractivity (Wildman–Crippen MR) is 131 cm³/mol. The first kappa shape index (κ1) is 21.2. The minimum atomic E-state index is -0.339. The molecular weight excluding hydrogens is 410 g/mol. The zero-order chi connectivity index (χ0) is 22.6. The van der Waals surface area contributed by atoms with Gasteiger partial charge in [-0.25, -0.2) is 0 Å². The van der Waals surface area contributed by atoms with E-state index in [0.29, 0.717) is 0 Å². The molecular formula is C29H27NO3. The molecule has 1 aromatic heterocycles. The molecule has 166 valence electrons. The summed E-state index contributed by atoms with van der Waals surface area (Å²) in [6.07, 6.45) is 6.55. The molecule has 1 heterocycles. The molecule has 33 heavy (non-hydrogen) atoms. The molecule has 3 aromatic carbocycles. The topological polar surface area (TPSA) is 56.3 Å². The second-order valence-electron chi connectivity index (χ2n) is 8.72. The fourth-order valence-electron chi connectivity index (χ4n) is 5.04. The SMILES string of the molecule is O=[N+]([O-])c1cccc(-c2oc3c(c2C(c2ccccc2)c2ccccc2)CCCCCC3)c1. The summed E-state index contributed by atoms with van der Waals surface area (Å²) in [6.45, 7) is 0. The van der Waals surface area contributed by atoms with E-state index in [4.69, 9.17) is 4.42 Å². The summed E-state index contributed by atoms with van der Waals surface area (Å²) in [5, 5.41) is 11.5. The first-order valence-corrected chi connectivity index (χ1v) is 11.7. The average molecular weight is 438 g/mol. The van der Waals surface area contributed by atoms with Gasteiger partial charge in [0.05, 0.1) is 4.92 Å². The first-order chi connectivity index (χ1) is 16.2. The Morgan fingerprint density at radius 1 is 0.758 bits per heavy atom. The highest BCUT2D eigenvalue weighted by atomic mass is 16.6. The largest absolute Gasteiger partial charge is 0.460 e. The van der Waals surface area contributed by atoms with Crippen LogP contribution in [0.2, 0.25) is 0 Å². The lowest BCUT2D eigenvalue weighted by atomic mass is 9.80. The van der Waals surface area contributed by atoms with Crippen LogP contribution in [-0.2, 0) is 12.8 Å². The van der Waals surface area contributed by atoms with Crippen LogP contribution in [0, 0.1) is 10.1 Å². The van der Waals surface area contributed by atoms with Crippen LogP contribution in [0.3, 0.4) is 0 Å². The maximum absolute atomic E-state index is 11.5. The predicted octanol–water partition coefficient (Wildman–Crippen LogP) is 7.69. The van der Waals surface area contributed by atoms with Crippen molar-refractivity contribution in [2.45, 2.75) is 44.4 Å². The van der Waals surface area contributed by atoms with E-state index in [1.54, 1.807) is 12.1 Å². The zero-order valence-electron chi connectivity index (χ0n) is 18.6. The number of furan rings is 1. The second kappa shape index (κ2) is 9.45. The Morgan fingerprint density at radius 2 is 1.39 bits per heavy atom. The van der Waals surface area contributed by atoms with Crippen molar-refractivity contribution in [3.8, 4) is 11.3 Å². The van der Waals surface area contributed by atoms with Gasteiger partial charge in [0.1, 0.15) is 11.5 Å². The van der Waals surface area contributed by atoms with E-state index in [-0.39, 0.29) is 16.5 Å². The molecule has 4 aromatic rings. The van der Waals surface area contributed by atoms with Crippen molar-refractivity contribution >= 4 is 5.69 Å². The Hall–Kier alpha value is -3.66. The van der Waals surface area contributed by atoms with Crippen LogP contribution in [0.1, 0.15) is 59.6 Å². The maximum atomic E-state index is 11.5. The molecule has 0 atom stereocenters. The number of hydrogen-bond acceptors (Lipinski definition) is 3. The molecule has 0 spiro atoms. The highest BCUT2D eigenvalue weighted by molar-refractivity contribution is 5.70. The van der Waals surface area contributed by atoms with E-state index in [1.165, 1.54) is 35.6 Å². The molecule has 0 fully saturated rings. The molecule has 1 aliphatic rings. The molecule has 0 aliphatic heterocycles. The lowest BCUT2D eigenvalue weighted by Crippen LogP contribution is -2.08. The number of nitro benzene ring substituents is 1. The summed E-state index contributed by atoms with van der Waals surface area (Å²) in [5.74, 6) is 1.81. The van der Waals surface area contributed by atoms with Crippen molar-refractivity contribution < 1.29 is 9.34 Å². The van der Waals surface area contributed by atoms with Gasteiger partial charge in [-0.2, -0.15) is 0 Å². The number of nitro groups is 1. The smallest absolute Gasteiger partial charge is 0.270 e. The molecule has 0 radical (unpaired) electrons. The number of nitrogens with zero attached hydrogens (tertiary/aromatic N) is 1. The van der Waals surface area contributed by atoms with Crippen LogP contribution in [0.4, 0.5) is 5.69 Å². The Balaban J connectivity index is 1.78. The van der Waals surface area contributed by atoms with Crippen molar-refractivity contribution in [2.75, 3.05) is 0 Å². The Morgan fingerprint density at radius 3 is 2.03 bits per heavy atom. The summed E-state index contributed by atoms with van der Waals surface area (Å²) >= 11 is 0. The van der Waals surface area contributed by atoms with E-state index in [1.807, 2.05) is 18.2 Å². The maximum Gasteiger partial charge on any atom is 0.270 e. The van der Waals surface area contributed by atoms with Crippen molar-refractivity contribution in [3.05, 3.63) is 123 Å². The van der Waals surface area contributed by atoms with Crippen LogP contribution in [0.15, 0.2) is 89.3 Å². The van der Waals surface area contributed by atoms with Crippen molar-refractivity contribution in [3.63, 3.8) is 0 Å². The summed E-state index contributed by atoms with van der Waals surface area (Å²) < 4.78 is 6.59. The first-order valence-electron chi connectivity index (χ1n) is 11.7. The molecule has 0 N–H and O–H groups in total. The van der Waals surface area contributed by atoms with Gasteiger partial charge in [-0.1, -0.05) is 85.6 Å². The molecule has 0 saturated carbocycles. The molecule has 0 amide bonds. The quantitative estimate of drug-likeness (QED) is 0.237. The van der Waals surface area contributed by atoms with E-state index in [2.05, 4.69) is 48.5 Å². The summed E-state index contributed by atoms with van der Waals surface area (Å²) in [6, 6.07) is 27.9. The van der Waals surface area contributed by atoms with Crippen LogP contribution in [-0.4, -0.2) is 4.92 Å². The Kier molecular flexibility index (Phi) is 6.07. The van der Waals surface area contributed by atoms with Gasteiger partial charge in [0, 0.05) is 35.6 Å². The summed E-state index contributed by atoms with van der Waals surface area (Å²) in [4.78, 5) is 11.2. The number of fused-ring (bicyclic) bond motifs is 1. The molecule has 0 saturated heterocycles. The molecule has 0 unspecified atom stereocenters. The standard InChI is InChI=1S/C29H27NO3/c31-30(32)24-17-11-16-23(20-24)29-28(25-18-9-1-2-10-19-26(25)33-29)27(21-12-5-3-6-13-21)22-14-7-4-8-15-22/h3-8,11-17,20,27H,1-2,9-10,18-19H2. The van der Waals surface area contributed by atoms with Crippen molar-refractivity contribution in [1.82, 2.24) is 0 Å². The lowest BCUT2D eigenvalue weighted by Gasteiger charge is -2.21. The van der Waals surface area contributed by atoms with Gasteiger partial charge in [-0.15, -0.1) is 0 Å². The van der Waals surface area contributed by atoms with Gasteiger partial charge >= 0.3 is 0 Å². The molecule has 4 heteroatoms. The normalized spacial score (nSPS) is 13.8. The van der Waals surface area contributed by atoms with Gasteiger partial charge in [0.2, 0.25) is 0 Å². The van der Waals surface area contributed by atoms with E-state index in [9.17, 15) is 10.1 Å². The van der Waals surface area contributed by atoms with Crippen LogP contribution >= 0.6 is 0 Å². The fraction of sp³-hybridized carbons (Fsp3) is 0.241. The van der Waals surface area contributed by atoms with Gasteiger partial charge < -0.3 is 4.42 Å². The van der Waals surface area contributed by atoms with E-state index >= 15 is 0 Å². The van der Waals surface area contributed by atoms with Crippen molar-refractivity contribution in [2.24, 2.45) is 0 Å². The van der Waals surface area contributed by atoms with Crippen LogP contribution in [0.5, 0.6) is 0 Å². The third-order valence-corrected chi connectivity index (χ3v) is 6.59. The lowest BCUT2D eigenvalue weighted by molar-refractivity contribution is -0.384. The van der Waals surface area contributed by atoms with E-state index in [0.717, 1.165) is 48.3 Å². The number of non-ortho nitro benzene ring substituents is 1. The van der Waals surface area contributed by atoms with Crippen molar-refractivity contribution in [1.29, 1.82) is 0 Å². The molecule has 0 bridgehead atoms. The van der Waals surface area contributed by atoms with Gasteiger partial charge in [0.15, 0.2) is 0 Å². The third kappa shape index (κ3) is 4.34. The fourth-order valence-corrected chi connectivity index (χ4v) is 5.04. The number of rotatable bonds is 5. The van der Waals surface area contributed by atoms with Crippen LogP contribution < -0.4 is 0 Å². The van der Waals surface area contributed by atoms with Gasteiger partial charge in [0.25, 0.3) is 5.69 Å². The number of benzene rings is 3. The highest BCUT2D eigenvalue weighted by Crippen LogP contribution is 2.44. The monoisotopic (exact) mass is 437 g/mol. The zero-order valence-corrected chi connectivity index (χ0v) is 18.6. The molecule has 4 nitrogen and oxygen atoms in total. The number of aryl methyl sites for hydroxylation is 1. The van der Waals surface area contributed by atoms with Gasteiger partial charge in [-0.3, -0.25) is 10.1 Å². The average Bonchev–Trinajstić information content (AvgIpc) is 3.17. The number of hydrogen-bond donors (Lipinski definition) is 0. The second-order valence-corrected chi connectivity index (χ2v) is 8.72. The Bertz CT molecular complexity index is 1210. The molecule has 5 rings (SSSR count). The van der Waals surface area contributed by atoms with Crippen LogP contribution in [0.25, 0.3) is 11.3 Å². The highest BCUT2D eigenvalue weighted by Gasteiger charge is 2.30. The van der Waals surface area contributed by atoms with E-state index < -0.39 is 0 Å². The molecule has 1 aliphatic carbocycles. The minimum Gasteiger partial charge on any atom is -0.460 e.